The van der Waals surface area contributed by atoms with Gasteiger partial charge in [0, 0.05) is 7.05 Å². The van der Waals surface area contributed by atoms with Crippen LogP contribution in [0.25, 0.3) is 0 Å². The van der Waals surface area contributed by atoms with Gasteiger partial charge in [-0.2, -0.15) is 0 Å². The fourth-order valence-corrected chi connectivity index (χ4v) is 5.70. The van der Waals surface area contributed by atoms with Crippen LogP contribution in [0.2, 0.25) is 0 Å². The van der Waals surface area contributed by atoms with Crippen LogP contribution >= 0.6 is 0 Å². The summed E-state index contributed by atoms with van der Waals surface area (Å²) in [4.78, 5) is 27.9. The lowest BCUT2D eigenvalue weighted by Gasteiger charge is -2.34. The maximum absolute atomic E-state index is 13.5. The van der Waals surface area contributed by atoms with Gasteiger partial charge in [0.25, 0.3) is 0 Å². The van der Waals surface area contributed by atoms with Crippen LogP contribution in [-0.4, -0.2) is 49.1 Å². The number of nitrogens with one attached hydrogen (secondary N) is 1. The summed E-state index contributed by atoms with van der Waals surface area (Å²) in [5.74, 6) is -0.166. The zero-order valence-electron chi connectivity index (χ0n) is 16.3. The van der Waals surface area contributed by atoms with Gasteiger partial charge in [-0.1, -0.05) is 37.1 Å². The maximum atomic E-state index is 13.5. The molecule has 1 aromatic carbocycles. The minimum Gasteiger partial charge on any atom is -0.497 e. The van der Waals surface area contributed by atoms with E-state index >= 15 is 0 Å². The molecule has 148 valence electrons. The Labute approximate surface area is 164 Å². The number of carbonyl (C=O) groups excluding carboxylic acids is 2. The lowest BCUT2D eigenvalue weighted by molar-refractivity contribution is -0.137. The van der Waals surface area contributed by atoms with Gasteiger partial charge in [0.1, 0.15) is 11.4 Å². The van der Waals surface area contributed by atoms with Gasteiger partial charge in [-0.15, -0.1) is 0 Å². The van der Waals surface area contributed by atoms with Crippen molar-refractivity contribution in [2.24, 2.45) is 11.8 Å². The molecule has 4 atom stereocenters. The lowest BCUT2D eigenvalue weighted by Crippen LogP contribution is -2.51. The number of nitrogens with zero attached hydrogens (tertiary/aromatic N) is 1. The van der Waals surface area contributed by atoms with E-state index in [4.69, 9.17) is 9.47 Å². The van der Waals surface area contributed by atoms with Crippen molar-refractivity contribution in [2.45, 2.75) is 42.9 Å². The molecule has 3 heterocycles. The number of carbonyl (C=O) groups is 2. The third-order valence-corrected chi connectivity index (χ3v) is 7.03. The van der Waals surface area contributed by atoms with Crippen molar-refractivity contribution in [3.63, 3.8) is 0 Å². The van der Waals surface area contributed by atoms with E-state index in [9.17, 15) is 9.59 Å². The number of likely N-dealkylation sites (tertiary alicyclic amines) is 1. The molecule has 1 N–H and O–H groups in total. The number of rotatable bonds is 4. The van der Waals surface area contributed by atoms with E-state index in [0.29, 0.717) is 6.54 Å². The van der Waals surface area contributed by atoms with E-state index in [1.54, 1.807) is 19.1 Å². The zero-order valence-corrected chi connectivity index (χ0v) is 16.3. The quantitative estimate of drug-likeness (QED) is 0.809. The second-order valence-electron chi connectivity index (χ2n) is 8.60. The first-order valence-electron chi connectivity index (χ1n) is 10.1. The minimum absolute atomic E-state index is 0.00820. The Morgan fingerprint density at radius 2 is 2.11 bits per heavy atom. The van der Waals surface area contributed by atoms with Crippen molar-refractivity contribution in [3.8, 4) is 5.75 Å². The Morgan fingerprint density at radius 3 is 2.86 bits per heavy atom. The number of fused-ring (bicyclic) bond motifs is 1. The number of benzene rings is 1. The molecule has 2 amide bonds. The summed E-state index contributed by atoms with van der Waals surface area (Å²) in [6.45, 7) is 0.522. The van der Waals surface area contributed by atoms with Gasteiger partial charge in [-0.05, 0) is 30.5 Å². The molecule has 28 heavy (non-hydrogen) atoms. The molecule has 1 aromatic rings. The largest absolute Gasteiger partial charge is 0.497 e. The van der Waals surface area contributed by atoms with Crippen molar-refractivity contribution >= 4 is 11.8 Å². The predicted octanol–water partition coefficient (Wildman–Crippen LogP) is 1.99. The molecule has 5 rings (SSSR count). The first kappa shape index (κ1) is 17.7. The van der Waals surface area contributed by atoms with E-state index < -0.39 is 23.0 Å². The van der Waals surface area contributed by atoms with Crippen LogP contribution in [0.1, 0.15) is 31.2 Å². The molecule has 3 fully saturated rings. The van der Waals surface area contributed by atoms with Crippen LogP contribution < -0.4 is 10.1 Å². The molecule has 1 spiro atoms. The number of methoxy groups -OCH3 is 1. The molecule has 0 unspecified atom stereocenters. The number of amides is 2. The Kier molecular flexibility index (Phi) is 3.85. The van der Waals surface area contributed by atoms with Crippen molar-refractivity contribution < 1.29 is 19.1 Å². The summed E-state index contributed by atoms with van der Waals surface area (Å²) in [6.07, 6.45) is 7.55. The van der Waals surface area contributed by atoms with E-state index in [1.807, 2.05) is 30.4 Å². The number of ether oxygens (including phenoxy) is 2. The van der Waals surface area contributed by atoms with Gasteiger partial charge in [-0.25, -0.2) is 0 Å². The van der Waals surface area contributed by atoms with Crippen LogP contribution in [0.5, 0.6) is 5.75 Å². The Bertz CT molecular complexity index is 860. The van der Waals surface area contributed by atoms with Gasteiger partial charge in [0.05, 0.1) is 37.1 Å². The predicted molar refractivity (Wildman–Crippen MR) is 103 cm³/mol. The summed E-state index contributed by atoms with van der Waals surface area (Å²) in [5, 5.41) is 3.35. The molecule has 6 nitrogen and oxygen atoms in total. The maximum Gasteiger partial charge on any atom is 0.229 e. The molecular formula is C22H26N2O4. The smallest absolute Gasteiger partial charge is 0.229 e. The molecule has 6 heteroatoms. The minimum atomic E-state index is -0.628. The molecule has 0 radical (unpaired) electrons. The fraction of sp³-hybridized carbons (Fsp3) is 0.545. The van der Waals surface area contributed by atoms with Gasteiger partial charge in [0.2, 0.25) is 11.8 Å². The highest BCUT2D eigenvalue weighted by Crippen LogP contribution is 2.52. The van der Waals surface area contributed by atoms with E-state index in [0.717, 1.165) is 37.0 Å². The normalized spacial score (nSPS) is 34.7. The van der Waals surface area contributed by atoms with Crippen molar-refractivity contribution in [2.75, 3.05) is 20.7 Å². The number of hydrogen-bond donors (Lipinski definition) is 1. The van der Waals surface area contributed by atoms with E-state index in [2.05, 4.69) is 11.4 Å². The van der Waals surface area contributed by atoms with Crippen LogP contribution in [0.3, 0.4) is 0 Å². The first-order chi connectivity index (χ1) is 13.5. The highest BCUT2D eigenvalue weighted by atomic mass is 16.5. The van der Waals surface area contributed by atoms with Gasteiger partial charge in [0.15, 0.2) is 0 Å². The van der Waals surface area contributed by atoms with Gasteiger partial charge in [-0.3, -0.25) is 9.59 Å². The molecule has 2 saturated heterocycles. The van der Waals surface area contributed by atoms with Crippen LogP contribution in [-0.2, 0) is 19.9 Å². The number of likely N-dealkylation sites (N-methyl/N-ethyl adjacent to an activating group) is 1. The first-order valence-corrected chi connectivity index (χ1v) is 10.1. The number of hydrogen-bond acceptors (Lipinski definition) is 4. The topological polar surface area (TPSA) is 67.9 Å². The van der Waals surface area contributed by atoms with Crippen LogP contribution in [0, 0.1) is 11.8 Å². The van der Waals surface area contributed by atoms with Crippen molar-refractivity contribution in [1.29, 1.82) is 0 Å². The highest BCUT2D eigenvalue weighted by molar-refractivity contribution is 5.93. The molecule has 3 aliphatic heterocycles. The van der Waals surface area contributed by atoms with Gasteiger partial charge < -0.3 is 19.7 Å². The van der Waals surface area contributed by atoms with E-state index in [1.165, 1.54) is 0 Å². The summed E-state index contributed by atoms with van der Waals surface area (Å²) < 4.78 is 11.5. The molecule has 1 saturated carbocycles. The van der Waals surface area contributed by atoms with Crippen LogP contribution in [0.4, 0.5) is 0 Å². The Morgan fingerprint density at radius 1 is 1.32 bits per heavy atom. The SMILES string of the molecule is COc1cccc(C2(NC(=O)[C@H]3[C@H]4C=C[C@@]5(CN(C)C(=O)[C@@H]35)O4)CCCC2)c1. The Balaban J connectivity index is 1.45. The molecule has 4 aliphatic rings. The molecular weight excluding hydrogens is 356 g/mol. The van der Waals surface area contributed by atoms with E-state index in [-0.39, 0.29) is 17.9 Å². The summed E-state index contributed by atoms with van der Waals surface area (Å²) in [5.41, 5.74) is 0.0387. The summed E-state index contributed by atoms with van der Waals surface area (Å²) >= 11 is 0. The summed E-state index contributed by atoms with van der Waals surface area (Å²) in [7, 11) is 3.43. The second kappa shape index (κ2) is 6.08. The monoisotopic (exact) mass is 382 g/mol. The molecule has 2 bridgehead atoms. The Hall–Kier alpha value is -2.34. The average molecular weight is 382 g/mol. The summed E-state index contributed by atoms with van der Waals surface area (Å²) in [6, 6.07) is 7.95. The van der Waals surface area contributed by atoms with Crippen molar-refractivity contribution in [1.82, 2.24) is 10.2 Å². The van der Waals surface area contributed by atoms with Gasteiger partial charge >= 0.3 is 0 Å². The second-order valence-corrected chi connectivity index (χ2v) is 8.60. The molecule has 1 aliphatic carbocycles. The zero-order chi connectivity index (χ0) is 19.5. The fourth-order valence-electron chi connectivity index (χ4n) is 5.70. The molecule has 0 aromatic heterocycles. The van der Waals surface area contributed by atoms with Crippen molar-refractivity contribution in [3.05, 3.63) is 42.0 Å². The lowest BCUT2D eigenvalue weighted by atomic mass is 9.76. The third kappa shape index (κ3) is 2.37. The third-order valence-electron chi connectivity index (χ3n) is 7.03. The standard InChI is InChI=1S/C22H26N2O4/c1-24-13-22-11-8-16(28-22)17(18(22)20(24)26)19(25)23-21(9-3-4-10-21)14-6-5-7-15(12-14)27-2/h5-8,11-12,16-18H,3-4,9-10,13H2,1-2H3,(H,23,25)/t16-,17+,18-,22+/m1/s1. The van der Waals surface area contributed by atoms with Crippen LogP contribution in [0.15, 0.2) is 36.4 Å². The highest BCUT2D eigenvalue weighted by Gasteiger charge is 2.66. The average Bonchev–Trinajstić information content (AvgIpc) is 3.44.